The molecule has 1 aliphatic rings. The number of nitrogens with zero attached hydrogens (tertiary/aromatic N) is 1. The average molecular weight is 391 g/mol. The summed E-state index contributed by atoms with van der Waals surface area (Å²) >= 11 is 6.12. The van der Waals surface area contributed by atoms with E-state index in [0.29, 0.717) is 41.9 Å². The minimum Gasteiger partial charge on any atom is -0.495 e. The second-order valence-corrected chi connectivity index (χ2v) is 6.56. The summed E-state index contributed by atoms with van der Waals surface area (Å²) in [4.78, 5) is 14.6. The summed E-state index contributed by atoms with van der Waals surface area (Å²) in [7, 11) is 3.05. The van der Waals surface area contributed by atoms with Crippen LogP contribution >= 0.6 is 11.6 Å². The fourth-order valence-electron chi connectivity index (χ4n) is 3.12. The zero-order chi connectivity index (χ0) is 19.4. The molecule has 2 aromatic carbocycles. The summed E-state index contributed by atoms with van der Waals surface area (Å²) in [5.74, 6) is 1.77. The van der Waals surface area contributed by atoms with Gasteiger partial charge in [0.05, 0.1) is 31.5 Å². The number of carbonyl (C=O) groups is 1. The molecule has 144 valence electrons. The standard InChI is InChI=1S/C20H23ClN2O4/c1-4-27-15-6-5-13-7-8-23(12-14(13)9-15)20(24)22-17-11-18(25-2)16(21)10-19(17)26-3/h5-6,9-11H,4,7-8,12H2,1-3H3,(H,22,24). The number of fused-ring (bicyclic) bond motifs is 1. The Bertz CT molecular complexity index is 841. The van der Waals surface area contributed by atoms with Gasteiger partial charge in [-0.15, -0.1) is 0 Å². The fourth-order valence-corrected chi connectivity index (χ4v) is 3.35. The molecule has 1 heterocycles. The van der Waals surface area contributed by atoms with Gasteiger partial charge in [-0.1, -0.05) is 17.7 Å². The van der Waals surface area contributed by atoms with Crippen molar-refractivity contribution >= 4 is 23.3 Å². The first-order chi connectivity index (χ1) is 13.0. The maximum absolute atomic E-state index is 12.8. The number of methoxy groups -OCH3 is 2. The molecule has 2 amide bonds. The molecule has 1 aliphatic heterocycles. The molecule has 0 atom stereocenters. The van der Waals surface area contributed by atoms with E-state index in [9.17, 15) is 4.79 Å². The summed E-state index contributed by atoms with van der Waals surface area (Å²) in [5.41, 5.74) is 2.86. The van der Waals surface area contributed by atoms with E-state index >= 15 is 0 Å². The molecule has 0 saturated heterocycles. The largest absolute Gasteiger partial charge is 0.495 e. The van der Waals surface area contributed by atoms with E-state index < -0.39 is 0 Å². The lowest BCUT2D eigenvalue weighted by Gasteiger charge is -2.29. The Morgan fingerprint density at radius 1 is 1.15 bits per heavy atom. The van der Waals surface area contributed by atoms with E-state index in [2.05, 4.69) is 11.4 Å². The number of carbonyl (C=O) groups excluding carboxylic acids is 1. The molecule has 0 fully saturated rings. The van der Waals surface area contributed by atoms with Crippen LogP contribution in [-0.2, 0) is 13.0 Å². The van der Waals surface area contributed by atoms with Gasteiger partial charge >= 0.3 is 6.03 Å². The van der Waals surface area contributed by atoms with Crippen LogP contribution in [-0.4, -0.2) is 38.3 Å². The molecule has 0 aliphatic carbocycles. The minimum absolute atomic E-state index is 0.204. The van der Waals surface area contributed by atoms with Crippen LogP contribution in [0.1, 0.15) is 18.1 Å². The molecule has 0 saturated carbocycles. The van der Waals surface area contributed by atoms with Crippen LogP contribution in [0.25, 0.3) is 0 Å². The van der Waals surface area contributed by atoms with E-state index in [0.717, 1.165) is 17.7 Å². The third-order valence-corrected chi connectivity index (χ3v) is 4.80. The van der Waals surface area contributed by atoms with E-state index in [1.54, 1.807) is 17.0 Å². The monoisotopic (exact) mass is 390 g/mol. The van der Waals surface area contributed by atoms with Gasteiger partial charge in [0.25, 0.3) is 0 Å². The number of rotatable bonds is 5. The summed E-state index contributed by atoms with van der Waals surface area (Å²) in [6.45, 7) is 3.73. The van der Waals surface area contributed by atoms with Crippen molar-refractivity contribution in [2.24, 2.45) is 0 Å². The number of benzene rings is 2. The van der Waals surface area contributed by atoms with E-state index in [4.69, 9.17) is 25.8 Å². The minimum atomic E-state index is -0.204. The van der Waals surface area contributed by atoms with Crippen molar-refractivity contribution < 1.29 is 19.0 Å². The molecule has 27 heavy (non-hydrogen) atoms. The predicted molar refractivity (Wildman–Crippen MR) is 105 cm³/mol. The summed E-state index contributed by atoms with van der Waals surface area (Å²) in [6, 6.07) is 9.13. The number of amides is 2. The Kier molecular flexibility index (Phi) is 5.96. The molecular formula is C20H23ClN2O4. The Labute approximate surface area is 164 Å². The predicted octanol–water partition coefficient (Wildman–Crippen LogP) is 4.35. The molecule has 2 aromatic rings. The Hall–Kier alpha value is -2.60. The molecule has 0 aromatic heterocycles. The number of halogens is 1. The lowest BCUT2D eigenvalue weighted by Crippen LogP contribution is -2.38. The number of ether oxygens (including phenoxy) is 3. The van der Waals surface area contributed by atoms with Gasteiger partial charge in [0.2, 0.25) is 0 Å². The average Bonchev–Trinajstić information content (AvgIpc) is 2.68. The van der Waals surface area contributed by atoms with Gasteiger partial charge in [-0.2, -0.15) is 0 Å². The van der Waals surface area contributed by atoms with Crippen molar-refractivity contribution in [3.05, 3.63) is 46.5 Å². The highest BCUT2D eigenvalue weighted by atomic mass is 35.5. The third kappa shape index (κ3) is 4.22. The van der Waals surface area contributed by atoms with Gasteiger partial charge in [0.1, 0.15) is 17.2 Å². The van der Waals surface area contributed by atoms with Crippen LogP contribution in [0.4, 0.5) is 10.5 Å². The Morgan fingerprint density at radius 2 is 1.93 bits per heavy atom. The summed E-state index contributed by atoms with van der Waals surface area (Å²) in [6.07, 6.45) is 0.802. The van der Waals surface area contributed by atoms with Gasteiger partial charge in [0, 0.05) is 25.2 Å². The topological polar surface area (TPSA) is 60.0 Å². The second-order valence-electron chi connectivity index (χ2n) is 6.15. The van der Waals surface area contributed by atoms with Crippen molar-refractivity contribution in [1.82, 2.24) is 4.90 Å². The highest BCUT2D eigenvalue weighted by Crippen LogP contribution is 2.36. The van der Waals surface area contributed by atoms with Crippen LogP contribution < -0.4 is 19.5 Å². The smallest absolute Gasteiger partial charge is 0.322 e. The molecule has 6 nitrogen and oxygen atoms in total. The van der Waals surface area contributed by atoms with Crippen LogP contribution in [0.2, 0.25) is 5.02 Å². The van der Waals surface area contributed by atoms with Crippen molar-refractivity contribution in [3.8, 4) is 17.2 Å². The van der Waals surface area contributed by atoms with Gasteiger partial charge < -0.3 is 24.4 Å². The maximum Gasteiger partial charge on any atom is 0.322 e. The molecule has 0 unspecified atom stereocenters. The second kappa shape index (κ2) is 8.39. The number of urea groups is 1. The zero-order valence-corrected chi connectivity index (χ0v) is 16.4. The molecule has 0 radical (unpaired) electrons. The van der Waals surface area contributed by atoms with E-state index in [1.165, 1.54) is 19.8 Å². The van der Waals surface area contributed by atoms with Crippen LogP contribution in [0, 0.1) is 0 Å². The Balaban J connectivity index is 1.77. The van der Waals surface area contributed by atoms with Crippen molar-refractivity contribution in [1.29, 1.82) is 0 Å². The van der Waals surface area contributed by atoms with Crippen molar-refractivity contribution in [2.75, 3.05) is 32.7 Å². The van der Waals surface area contributed by atoms with Crippen LogP contribution in [0.15, 0.2) is 30.3 Å². The zero-order valence-electron chi connectivity index (χ0n) is 15.7. The quantitative estimate of drug-likeness (QED) is 0.824. The fraction of sp³-hybridized carbons (Fsp3) is 0.350. The van der Waals surface area contributed by atoms with Crippen LogP contribution in [0.3, 0.4) is 0 Å². The Morgan fingerprint density at radius 3 is 2.63 bits per heavy atom. The van der Waals surface area contributed by atoms with E-state index in [-0.39, 0.29) is 6.03 Å². The number of nitrogens with one attached hydrogen (secondary N) is 1. The molecule has 0 spiro atoms. The lowest BCUT2D eigenvalue weighted by molar-refractivity contribution is 0.206. The first-order valence-corrected chi connectivity index (χ1v) is 9.15. The van der Waals surface area contributed by atoms with Gasteiger partial charge in [-0.25, -0.2) is 4.79 Å². The SMILES string of the molecule is CCOc1ccc2c(c1)CN(C(=O)Nc1cc(OC)c(Cl)cc1OC)CC2. The third-order valence-electron chi connectivity index (χ3n) is 4.50. The lowest BCUT2D eigenvalue weighted by atomic mass is 10.00. The first kappa shape index (κ1) is 19.2. The molecule has 7 heteroatoms. The van der Waals surface area contributed by atoms with Gasteiger partial charge in [-0.05, 0) is 36.6 Å². The molecule has 1 N–H and O–H groups in total. The maximum atomic E-state index is 12.8. The molecule has 0 bridgehead atoms. The number of hydrogen-bond acceptors (Lipinski definition) is 4. The summed E-state index contributed by atoms with van der Waals surface area (Å²) < 4.78 is 16.1. The summed E-state index contributed by atoms with van der Waals surface area (Å²) in [5, 5.41) is 3.31. The van der Waals surface area contributed by atoms with Crippen molar-refractivity contribution in [2.45, 2.75) is 19.9 Å². The number of hydrogen-bond donors (Lipinski definition) is 1. The normalized spacial score (nSPS) is 13.0. The van der Waals surface area contributed by atoms with Gasteiger partial charge in [-0.3, -0.25) is 0 Å². The molecular weight excluding hydrogens is 368 g/mol. The highest BCUT2D eigenvalue weighted by Gasteiger charge is 2.22. The highest BCUT2D eigenvalue weighted by molar-refractivity contribution is 6.32. The first-order valence-electron chi connectivity index (χ1n) is 8.77. The van der Waals surface area contributed by atoms with Crippen LogP contribution in [0.5, 0.6) is 17.2 Å². The molecule has 3 rings (SSSR count). The van der Waals surface area contributed by atoms with Gasteiger partial charge in [0.15, 0.2) is 0 Å². The number of anilines is 1. The van der Waals surface area contributed by atoms with E-state index in [1.807, 2.05) is 19.1 Å². The van der Waals surface area contributed by atoms with Crippen molar-refractivity contribution in [3.63, 3.8) is 0 Å².